The molecule has 1 amide bonds. The van der Waals surface area contributed by atoms with Crippen molar-refractivity contribution in [2.24, 2.45) is 5.73 Å². The van der Waals surface area contributed by atoms with Gasteiger partial charge < -0.3 is 15.5 Å². The number of fused-ring (bicyclic) bond motifs is 1. The lowest BCUT2D eigenvalue weighted by Gasteiger charge is -2.38. The molecule has 9 heteroatoms. The van der Waals surface area contributed by atoms with Crippen LogP contribution in [0.1, 0.15) is 79.7 Å². The number of hydrogen-bond acceptors (Lipinski definition) is 5. The average Bonchev–Trinajstić information content (AvgIpc) is 3.15. The van der Waals surface area contributed by atoms with E-state index >= 15 is 0 Å². The van der Waals surface area contributed by atoms with Crippen molar-refractivity contribution in [3.8, 4) is 0 Å². The van der Waals surface area contributed by atoms with Gasteiger partial charge in [0, 0.05) is 31.7 Å². The van der Waals surface area contributed by atoms with Crippen molar-refractivity contribution in [2.45, 2.75) is 63.5 Å². The largest absolute Gasteiger partial charge is 0.416 e. The predicted molar refractivity (Wildman–Crippen MR) is 129 cm³/mol. The predicted octanol–water partition coefficient (Wildman–Crippen LogP) is 4.67. The molecule has 1 aliphatic carbocycles. The topological polar surface area (TPSA) is 75.4 Å². The zero-order chi connectivity index (χ0) is 25.2. The fraction of sp³-hybridized carbons (Fsp3) is 0.577. The van der Waals surface area contributed by atoms with Crippen molar-refractivity contribution in [3.63, 3.8) is 0 Å². The normalized spacial score (nSPS) is 21.2. The number of aromatic nitrogens is 2. The summed E-state index contributed by atoms with van der Waals surface area (Å²) in [5.74, 6) is 1.29. The molecule has 0 radical (unpaired) electrons. The Balaban J connectivity index is 1.47. The third-order valence-electron chi connectivity index (χ3n) is 7.34. The first-order chi connectivity index (χ1) is 16.7. The Morgan fingerprint density at radius 1 is 1.06 bits per heavy atom. The summed E-state index contributed by atoms with van der Waals surface area (Å²) in [5.41, 5.74) is 7.90. The molecule has 1 saturated heterocycles. The summed E-state index contributed by atoms with van der Waals surface area (Å²) >= 11 is 0. The molecule has 1 aromatic carbocycles. The first-order valence-corrected chi connectivity index (χ1v) is 12.5. The fourth-order valence-corrected chi connectivity index (χ4v) is 5.47. The number of nitrogens with two attached hydrogens (primary N) is 1. The Kier molecular flexibility index (Phi) is 7.64. The molecule has 0 bridgehead atoms. The summed E-state index contributed by atoms with van der Waals surface area (Å²) < 4.78 is 39.1. The molecule has 0 spiro atoms. The number of carbonyl (C=O) groups excluding carboxylic acids is 1. The minimum Gasteiger partial charge on any atom is -0.353 e. The van der Waals surface area contributed by atoms with E-state index in [0.29, 0.717) is 56.5 Å². The number of hydrogen-bond donors (Lipinski definition) is 1. The standard InChI is InChI=1S/C26H34F3N5O/c1-17-15-18(2)23-22(17)24(32-16-31-23)33-11-13-34(14-12-33)25(35)21(5-3-4-10-30)19-6-8-20(9-7-19)26(27,28)29/h6-9,16-18,21H,3-5,10-15,30H2,1-2H3/t17?,18?,21-/m1/s1. The third kappa shape index (κ3) is 5.44. The Morgan fingerprint density at radius 3 is 2.37 bits per heavy atom. The van der Waals surface area contributed by atoms with E-state index in [0.717, 1.165) is 42.9 Å². The number of amides is 1. The molecule has 2 unspecified atom stereocenters. The highest BCUT2D eigenvalue weighted by atomic mass is 19.4. The van der Waals surface area contributed by atoms with Crippen molar-refractivity contribution in [2.75, 3.05) is 37.6 Å². The zero-order valence-electron chi connectivity index (χ0n) is 20.4. The molecule has 1 aromatic heterocycles. The Hall–Kier alpha value is -2.68. The molecule has 1 aliphatic heterocycles. The van der Waals surface area contributed by atoms with Crippen molar-refractivity contribution in [1.29, 1.82) is 0 Å². The highest BCUT2D eigenvalue weighted by molar-refractivity contribution is 5.84. The Morgan fingerprint density at radius 2 is 1.74 bits per heavy atom. The first kappa shape index (κ1) is 25.4. The number of unbranched alkanes of at least 4 members (excludes halogenated alkanes) is 1. The number of halogens is 3. The second-order valence-electron chi connectivity index (χ2n) is 9.80. The number of alkyl halides is 3. The van der Waals surface area contributed by atoms with E-state index in [-0.39, 0.29) is 5.91 Å². The number of benzene rings is 1. The van der Waals surface area contributed by atoms with E-state index in [2.05, 4.69) is 28.7 Å². The van der Waals surface area contributed by atoms with Crippen LogP contribution in [0.3, 0.4) is 0 Å². The maximum absolute atomic E-state index is 13.5. The van der Waals surface area contributed by atoms with Gasteiger partial charge in [0.25, 0.3) is 0 Å². The van der Waals surface area contributed by atoms with Crippen LogP contribution >= 0.6 is 0 Å². The number of rotatable bonds is 7. The van der Waals surface area contributed by atoms with Gasteiger partial charge in [-0.25, -0.2) is 9.97 Å². The summed E-state index contributed by atoms with van der Waals surface area (Å²) in [6, 6.07) is 5.01. The van der Waals surface area contributed by atoms with Crippen LogP contribution in [0.4, 0.5) is 19.0 Å². The van der Waals surface area contributed by atoms with E-state index in [1.807, 2.05) is 4.90 Å². The number of nitrogens with zero attached hydrogens (tertiary/aromatic N) is 4. The smallest absolute Gasteiger partial charge is 0.353 e. The van der Waals surface area contributed by atoms with E-state index in [1.165, 1.54) is 17.7 Å². The molecule has 2 aromatic rings. The summed E-state index contributed by atoms with van der Waals surface area (Å²) in [5, 5.41) is 0. The molecule has 6 nitrogen and oxygen atoms in total. The summed E-state index contributed by atoms with van der Waals surface area (Å²) in [7, 11) is 0. The second kappa shape index (κ2) is 10.5. The number of piperazine rings is 1. The fourth-order valence-electron chi connectivity index (χ4n) is 5.47. The molecule has 0 saturated carbocycles. The molecular formula is C26H34F3N5O. The van der Waals surface area contributed by atoms with E-state index in [1.54, 1.807) is 6.33 Å². The SMILES string of the molecule is CC1CC(C)c2c1ncnc2N1CCN(C(=O)[C@H](CCCCN)c2ccc(C(F)(F)F)cc2)CC1. The van der Waals surface area contributed by atoms with Crippen LogP contribution in [-0.4, -0.2) is 53.5 Å². The maximum Gasteiger partial charge on any atom is 0.416 e. The summed E-state index contributed by atoms with van der Waals surface area (Å²) in [4.78, 5) is 26.7. The van der Waals surface area contributed by atoms with Crippen molar-refractivity contribution < 1.29 is 18.0 Å². The van der Waals surface area contributed by atoms with Gasteiger partial charge in [-0.1, -0.05) is 32.4 Å². The van der Waals surface area contributed by atoms with E-state index < -0.39 is 17.7 Å². The van der Waals surface area contributed by atoms with Crippen LogP contribution in [-0.2, 0) is 11.0 Å². The van der Waals surface area contributed by atoms with Crippen molar-refractivity contribution in [3.05, 3.63) is 53.0 Å². The summed E-state index contributed by atoms with van der Waals surface area (Å²) in [6.45, 7) is 7.36. The maximum atomic E-state index is 13.5. The van der Waals surface area contributed by atoms with Crippen LogP contribution in [0.2, 0.25) is 0 Å². The lowest BCUT2D eigenvalue weighted by Crippen LogP contribution is -2.50. The van der Waals surface area contributed by atoms with E-state index in [4.69, 9.17) is 5.73 Å². The highest BCUT2D eigenvalue weighted by Crippen LogP contribution is 2.44. The Labute approximate surface area is 204 Å². The van der Waals surface area contributed by atoms with Gasteiger partial charge in [-0.3, -0.25) is 4.79 Å². The second-order valence-corrected chi connectivity index (χ2v) is 9.80. The van der Waals surface area contributed by atoms with Gasteiger partial charge >= 0.3 is 6.18 Å². The van der Waals surface area contributed by atoms with Crippen LogP contribution < -0.4 is 10.6 Å². The van der Waals surface area contributed by atoms with Crippen LogP contribution in [0, 0.1) is 0 Å². The Bertz CT molecular complexity index is 1020. The van der Waals surface area contributed by atoms with Crippen molar-refractivity contribution >= 4 is 11.7 Å². The molecule has 3 atom stereocenters. The van der Waals surface area contributed by atoms with Gasteiger partial charge in [0.2, 0.25) is 5.91 Å². The van der Waals surface area contributed by atoms with Gasteiger partial charge in [0.1, 0.15) is 12.1 Å². The molecule has 35 heavy (non-hydrogen) atoms. The van der Waals surface area contributed by atoms with Crippen LogP contribution in [0.5, 0.6) is 0 Å². The minimum atomic E-state index is -4.40. The third-order valence-corrected chi connectivity index (χ3v) is 7.34. The summed E-state index contributed by atoms with van der Waals surface area (Å²) in [6.07, 6.45) is 0.390. The molecule has 190 valence electrons. The quantitative estimate of drug-likeness (QED) is 0.572. The molecule has 4 rings (SSSR count). The van der Waals surface area contributed by atoms with E-state index in [9.17, 15) is 18.0 Å². The monoisotopic (exact) mass is 489 g/mol. The molecular weight excluding hydrogens is 455 g/mol. The van der Waals surface area contributed by atoms with Gasteiger partial charge in [-0.15, -0.1) is 0 Å². The lowest BCUT2D eigenvalue weighted by molar-refractivity contribution is -0.137. The lowest BCUT2D eigenvalue weighted by atomic mass is 9.91. The van der Waals surface area contributed by atoms with Crippen molar-refractivity contribution in [1.82, 2.24) is 14.9 Å². The highest BCUT2D eigenvalue weighted by Gasteiger charge is 2.35. The molecule has 1 fully saturated rings. The van der Waals surface area contributed by atoms with Gasteiger partial charge in [0.05, 0.1) is 17.2 Å². The molecule has 2 aliphatic rings. The average molecular weight is 490 g/mol. The molecule has 2 N–H and O–H groups in total. The minimum absolute atomic E-state index is 0.0312. The first-order valence-electron chi connectivity index (χ1n) is 12.5. The zero-order valence-corrected chi connectivity index (χ0v) is 20.4. The van der Waals surface area contributed by atoms with Crippen LogP contribution in [0.25, 0.3) is 0 Å². The number of carbonyl (C=O) groups is 1. The number of anilines is 1. The molecule has 2 heterocycles. The van der Waals surface area contributed by atoms with Gasteiger partial charge in [-0.2, -0.15) is 13.2 Å². The van der Waals surface area contributed by atoms with Crippen LogP contribution in [0.15, 0.2) is 30.6 Å². The van der Waals surface area contributed by atoms with Gasteiger partial charge in [-0.05, 0) is 55.3 Å². The van der Waals surface area contributed by atoms with Gasteiger partial charge in [0.15, 0.2) is 0 Å².